The molecule has 0 aromatic heterocycles. The van der Waals surface area contributed by atoms with Gasteiger partial charge in [-0.25, -0.2) is 0 Å². The van der Waals surface area contributed by atoms with Crippen molar-refractivity contribution in [2.24, 2.45) is 16.2 Å². The fourth-order valence-corrected chi connectivity index (χ4v) is 9.57. The van der Waals surface area contributed by atoms with Gasteiger partial charge in [0.25, 0.3) is 0 Å². The molecule has 0 aliphatic rings. The number of hydrogen-bond acceptors (Lipinski definition) is 12. The van der Waals surface area contributed by atoms with Crippen LogP contribution in [0, 0.1) is 16.2 Å². The van der Waals surface area contributed by atoms with Crippen LogP contribution in [-0.4, -0.2) is 78.2 Å². The second-order valence-corrected chi connectivity index (χ2v) is 32.7. The quantitative estimate of drug-likeness (QED) is 0.0246. The molecule has 88 heavy (non-hydrogen) atoms. The number of ether oxygens (including phenoxy) is 4. The zero-order valence-electron chi connectivity index (χ0n) is 59.8. The van der Waals surface area contributed by atoms with Crippen molar-refractivity contribution in [3.63, 3.8) is 0 Å². The molecule has 496 valence electrons. The number of aliphatic hydroxyl groups excluding tert-OH is 1. The van der Waals surface area contributed by atoms with E-state index in [1.54, 1.807) is 6.08 Å². The van der Waals surface area contributed by atoms with Crippen molar-refractivity contribution in [1.29, 1.82) is 0 Å². The van der Waals surface area contributed by atoms with E-state index in [0.717, 1.165) is 74.8 Å². The van der Waals surface area contributed by atoms with Gasteiger partial charge in [0.2, 0.25) is 0 Å². The Morgan fingerprint density at radius 3 is 0.989 bits per heavy atom. The van der Waals surface area contributed by atoms with Gasteiger partial charge in [0.15, 0.2) is 0 Å². The summed E-state index contributed by atoms with van der Waals surface area (Å²) in [5.74, 6) is 0.0423. The lowest BCUT2D eigenvalue weighted by Gasteiger charge is -2.31. The first-order valence-electron chi connectivity index (χ1n) is 31.4. The van der Waals surface area contributed by atoms with Crippen LogP contribution in [0.4, 0.5) is 0 Å². The van der Waals surface area contributed by atoms with E-state index in [-0.39, 0.29) is 101 Å². The molecule has 0 radical (unpaired) electrons. The van der Waals surface area contributed by atoms with Crippen LogP contribution in [0.3, 0.4) is 0 Å². The van der Waals surface area contributed by atoms with Gasteiger partial charge >= 0.3 is 17.9 Å². The van der Waals surface area contributed by atoms with E-state index in [9.17, 15) is 39.6 Å². The molecule has 0 heterocycles. The van der Waals surface area contributed by atoms with E-state index in [1.807, 2.05) is 126 Å². The number of aldehydes is 1. The molecule has 0 atom stereocenters. The highest BCUT2D eigenvalue weighted by Gasteiger charge is 2.37. The summed E-state index contributed by atoms with van der Waals surface area (Å²) in [6, 6.07) is 11.8. The van der Waals surface area contributed by atoms with E-state index in [2.05, 4.69) is 96.2 Å². The Morgan fingerprint density at radius 1 is 0.466 bits per heavy atom. The molecule has 0 unspecified atom stereocenters. The summed E-state index contributed by atoms with van der Waals surface area (Å²) in [7, 11) is 1.48. The van der Waals surface area contributed by atoms with Crippen molar-refractivity contribution in [1.82, 2.24) is 0 Å². The third-order valence-corrected chi connectivity index (χ3v) is 15.4. The highest BCUT2D eigenvalue weighted by Crippen LogP contribution is 2.43. The Bertz CT molecular complexity index is 2650. The van der Waals surface area contributed by atoms with E-state index in [1.165, 1.54) is 7.11 Å². The monoisotopic (exact) mass is 1220 g/mol. The van der Waals surface area contributed by atoms with Gasteiger partial charge in [-0.1, -0.05) is 227 Å². The number of benzene rings is 3. The molecule has 3 aromatic rings. The van der Waals surface area contributed by atoms with Crippen molar-refractivity contribution < 1.29 is 58.6 Å². The summed E-state index contributed by atoms with van der Waals surface area (Å²) in [5, 5.41) is 42.7. The van der Waals surface area contributed by atoms with Crippen LogP contribution in [0.5, 0.6) is 17.2 Å². The maximum atomic E-state index is 13.3. The molecule has 0 fully saturated rings. The third-order valence-electron chi connectivity index (χ3n) is 15.4. The zero-order valence-corrected chi connectivity index (χ0v) is 59.8. The molecule has 3 aromatic carbocycles. The predicted octanol–water partition coefficient (Wildman–Crippen LogP) is 18.1. The number of methoxy groups -OCH3 is 1. The van der Waals surface area contributed by atoms with Crippen LogP contribution in [0.1, 0.15) is 262 Å². The van der Waals surface area contributed by atoms with Crippen molar-refractivity contribution >= 4 is 24.2 Å². The predicted molar refractivity (Wildman–Crippen MR) is 362 cm³/mol. The topological polar surface area (TPSA) is 186 Å². The molecule has 0 aliphatic heterocycles. The molecule has 0 amide bonds. The SMILES string of the molecule is C/C(=C(/O)CC(C)(C)C)C(C)(C)C.C=CC(=C)CCC(=O)OCC(COC)(COC(=O)CCc1cc(C(C)(C)C)c(O)c(C(C)(C)C)c1)COC(=O)CCc1cc(C(C)(C)C)c(O)c(C(C)(C)C)c1.CC(C)(C)c1cc(CCC=O)cc(C(C)(C)C)c1O. The Hall–Kier alpha value is -5.88. The largest absolute Gasteiger partial charge is 0.512 e. The normalized spacial score (nSPS) is 13.0. The third kappa shape index (κ3) is 27.1. The molecule has 0 aliphatic carbocycles. The van der Waals surface area contributed by atoms with Crippen molar-refractivity contribution in [3.8, 4) is 17.2 Å². The lowest BCUT2D eigenvalue weighted by molar-refractivity contribution is -0.166. The fourth-order valence-electron chi connectivity index (χ4n) is 9.57. The van der Waals surface area contributed by atoms with Gasteiger partial charge in [-0.2, -0.15) is 0 Å². The van der Waals surface area contributed by atoms with E-state index >= 15 is 0 Å². The van der Waals surface area contributed by atoms with Crippen LogP contribution in [0.2, 0.25) is 0 Å². The zero-order chi connectivity index (χ0) is 68.6. The van der Waals surface area contributed by atoms with Gasteiger partial charge in [-0.05, 0) is 132 Å². The second kappa shape index (κ2) is 32.2. The number of allylic oxidation sites excluding steroid dienone is 4. The molecule has 4 N–H and O–H groups in total. The first kappa shape index (κ1) is 80.1. The van der Waals surface area contributed by atoms with Gasteiger partial charge < -0.3 is 44.2 Å². The molecule has 12 heteroatoms. The lowest BCUT2D eigenvalue weighted by atomic mass is 9.78. The second-order valence-electron chi connectivity index (χ2n) is 32.7. The van der Waals surface area contributed by atoms with Gasteiger partial charge in [0.1, 0.15) is 43.4 Å². The van der Waals surface area contributed by atoms with Crippen LogP contribution in [-0.2, 0) is 89.9 Å². The number of esters is 3. The summed E-state index contributed by atoms with van der Waals surface area (Å²) in [6.07, 6.45) is 5.88. The summed E-state index contributed by atoms with van der Waals surface area (Å²) in [6.45, 7) is 58.7. The first-order valence-corrected chi connectivity index (χ1v) is 31.4. The highest BCUT2D eigenvalue weighted by molar-refractivity contribution is 5.71. The van der Waals surface area contributed by atoms with Crippen molar-refractivity contribution in [2.45, 2.75) is 263 Å². The maximum absolute atomic E-state index is 13.3. The van der Waals surface area contributed by atoms with Crippen LogP contribution >= 0.6 is 0 Å². The number of phenolic OH excluding ortho intramolecular Hbond substituents is 3. The average molecular weight is 1230 g/mol. The minimum atomic E-state index is -1.18. The fraction of sp³-hybridized carbons (Fsp3) is 0.632. The van der Waals surface area contributed by atoms with Gasteiger partial charge in [0, 0.05) is 39.2 Å². The van der Waals surface area contributed by atoms with Crippen molar-refractivity contribution in [2.75, 3.05) is 33.5 Å². The number of phenols is 3. The number of aromatic hydroxyl groups is 3. The average Bonchev–Trinajstić information content (AvgIpc) is 1.18. The van der Waals surface area contributed by atoms with Crippen LogP contribution in [0.15, 0.2) is 72.5 Å². The number of rotatable bonds is 22. The molecule has 3 rings (SSSR count). The molecule has 0 bridgehead atoms. The Labute approximate surface area is 533 Å². The van der Waals surface area contributed by atoms with E-state index < -0.39 is 23.3 Å². The molecule has 0 saturated heterocycles. The molecule has 0 saturated carbocycles. The summed E-state index contributed by atoms with van der Waals surface area (Å²) < 4.78 is 22.8. The standard InChI is InChI=1S/C47H70O9.C17H26O2.C12H24O/c1-16-31(2)17-20-38(48)54-28-47(27-53-15,29-55-39(49)21-18-32-23-34(43(3,4)5)41(51)35(24-32)44(6,7)8)30-56-40(50)22-19-33-25-36(45(9,10)11)42(52)37(26-33)46(12,13)14;1-16(2,3)13-10-12(8-7-9-18)11-14(15(13)19)17(4,5)6;1-9(12(5,6)7)10(13)8-11(2,3)4/h16,23-26,51-52H,1-2,17-22,27-30H2,3-15H3;9-11,19H,7-8H2,1-6H3;13H,8H2,1-7H3/b;;10-9-. The van der Waals surface area contributed by atoms with Crippen LogP contribution < -0.4 is 0 Å². The molecule has 12 nitrogen and oxygen atoms in total. The van der Waals surface area contributed by atoms with Crippen molar-refractivity contribution in [3.05, 3.63) is 123 Å². The van der Waals surface area contributed by atoms with E-state index in [0.29, 0.717) is 42.8 Å². The number of aliphatic hydroxyl groups is 1. The van der Waals surface area contributed by atoms with E-state index in [4.69, 9.17) is 18.9 Å². The minimum absolute atomic E-state index is 0.0239. The number of hydrogen-bond donors (Lipinski definition) is 4. The highest BCUT2D eigenvalue weighted by atomic mass is 16.6. The Balaban J connectivity index is 0.000000975. The summed E-state index contributed by atoms with van der Waals surface area (Å²) >= 11 is 0. The smallest absolute Gasteiger partial charge is 0.306 e. The first-order chi connectivity index (χ1) is 39.7. The minimum Gasteiger partial charge on any atom is -0.512 e. The molecule has 0 spiro atoms. The number of carbonyl (C=O) groups is 4. The van der Waals surface area contributed by atoms with Gasteiger partial charge in [-0.15, -0.1) is 0 Å². The van der Waals surface area contributed by atoms with Gasteiger partial charge in [-0.3, -0.25) is 14.4 Å². The maximum Gasteiger partial charge on any atom is 0.306 e. The molecular weight excluding hydrogens is 1100 g/mol. The summed E-state index contributed by atoms with van der Waals surface area (Å²) in [4.78, 5) is 49.9. The number of carbonyl (C=O) groups excluding carboxylic acids is 4. The van der Waals surface area contributed by atoms with Crippen LogP contribution in [0.25, 0.3) is 0 Å². The summed E-state index contributed by atoms with van der Waals surface area (Å²) in [5.41, 5.74) is 7.45. The Kier molecular flexibility index (Phi) is 29.3. The molecular formula is C76H120O12. The lowest BCUT2D eigenvalue weighted by Crippen LogP contribution is -2.43. The van der Waals surface area contributed by atoms with Gasteiger partial charge in [0.05, 0.1) is 17.8 Å². The Morgan fingerprint density at radius 2 is 0.750 bits per heavy atom. The number of aryl methyl sites for hydroxylation is 3.